The summed E-state index contributed by atoms with van der Waals surface area (Å²) in [5.74, 6) is -0.132. The summed E-state index contributed by atoms with van der Waals surface area (Å²) in [6.07, 6.45) is 0. The van der Waals surface area contributed by atoms with Crippen molar-refractivity contribution in [1.82, 2.24) is 5.32 Å². The van der Waals surface area contributed by atoms with Crippen molar-refractivity contribution in [1.29, 1.82) is 0 Å². The Kier molecular flexibility index (Phi) is 4.87. The van der Waals surface area contributed by atoms with Crippen LogP contribution in [0.5, 0.6) is 0 Å². The fraction of sp³-hybridized carbons (Fsp3) is 0.188. The number of hydrogen-bond donors (Lipinski definition) is 3. The van der Waals surface area contributed by atoms with Gasteiger partial charge in [0.25, 0.3) is 5.91 Å². The van der Waals surface area contributed by atoms with Gasteiger partial charge in [-0.1, -0.05) is 36.4 Å². The van der Waals surface area contributed by atoms with Crippen molar-refractivity contribution in [2.24, 2.45) is 5.73 Å². The Morgan fingerprint density at radius 1 is 1.05 bits per heavy atom. The van der Waals surface area contributed by atoms with E-state index in [9.17, 15) is 4.79 Å². The molecular formula is C16H18N2O2. The van der Waals surface area contributed by atoms with Crippen LogP contribution in [0.3, 0.4) is 0 Å². The summed E-state index contributed by atoms with van der Waals surface area (Å²) < 4.78 is 0. The fourth-order valence-electron chi connectivity index (χ4n) is 1.91. The molecule has 0 aliphatic heterocycles. The highest BCUT2D eigenvalue weighted by Crippen LogP contribution is 2.07. The van der Waals surface area contributed by atoms with Gasteiger partial charge in [0.2, 0.25) is 0 Å². The van der Waals surface area contributed by atoms with Gasteiger partial charge in [0.05, 0.1) is 6.61 Å². The molecule has 0 aliphatic carbocycles. The minimum absolute atomic E-state index is 0.0201. The second kappa shape index (κ2) is 6.84. The third-order valence-corrected chi connectivity index (χ3v) is 3.08. The first-order chi connectivity index (χ1) is 9.72. The van der Waals surface area contributed by atoms with Crippen LogP contribution in [0.25, 0.3) is 0 Å². The second-order valence-corrected chi connectivity index (χ2v) is 4.56. The van der Waals surface area contributed by atoms with Crippen molar-refractivity contribution >= 4 is 5.91 Å². The van der Waals surface area contributed by atoms with E-state index in [1.807, 2.05) is 24.3 Å². The smallest absolute Gasteiger partial charge is 0.251 e. The lowest BCUT2D eigenvalue weighted by Gasteiger charge is -2.07. The Hall–Kier alpha value is -2.17. The molecule has 0 atom stereocenters. The van der Waals surface area contributed by atoms with Crippen molar-refractivity contribution in [2.45, 2.75) is 19.7 Å². The Morgan fingerprint density at radius 3 is 2.40 bits per heavy atom. The maximum atomic E-state index is 12.0. The number of hydrogen-bond acceptors (Lipinski definition) is 3. The molecule has 4 nitrogen and oxygen atoms in total. The molecule has 0 unspecified atom stereocenters. The van der Waals surface area contributed by atoms with E-state index in [-0.39, 0.29) is 12.5 Å². The number of amides is 1. The second-order valence-electron chi connectivity index (χ2n) is 4.56. The average Bonchev–Trinajstić information content (AvgIpc) is 2.53. The number of aliphatic hydroxyl groups is 1. The van der Waals surface area contributed by atoms with Crippen LogP contribution in [0, 0.1) is 0 Å². The monoisotopic (exact) mass is 270 g/mol. The number of rotatable bonds is 5. The van der Waals surface area contributed by atoms with E-state index in [4.69, 9.17) is 10.8 Å². The number of carbonyl (C=O) groups is 1. The van der Waals surface area contributed by atoms with E-state index in [2.05, 4.69) is 5.32 Å². The van der Waals surface area contributed by atoms with Gasteiger partial charge in [0.1, 0.15) is 0 Å². The topological polar surface area (TPSA) is 75.3 Å². The Balaban J connectivity index is 1.97. The Bertz CT molecular complexity index is 579. The normalized spacial score (nSPS) is 10.3. The van der Waals surface area contributed by atoms with Crippen LogP contribution in [-0.2, 0) is 19.7 Å². The maximum absolute atomic E-state index is 12.0. The van der Waals surface area contributed by atoms with Gasteiger partial charge < -0.3 is 16.2 Å². The van der Waals surface area contributed by atoms with E-state index in [0.717, 1.165) is 16.7 Å². The molecule has 104 valence electrons. The van der Waals surface area contributed by atoms with Crippen LogP contribution in [-0.4, -0.2) is 11.0 Å². The van der Waals surface area contributed by atoms with Crippen LogP contribution in [0.15, 0.2) is 48.5 Å². The van der Waals surface area contributed by atoms with Crippen LogP contribution < -0.4 is 11.1 Å². The zero-order chi connectivity index (χ0) is 14.4. The maximum Gasteiger partial charge on any atom is 0.251 e. The molecular weight excluding hydrogens is 252 g/mol. The molecule has 0 saturated heterocycles. The summed E-state index contributed by atoms with van der Waals surface area (Å²) in [5.41, 5.74) is 9.02. The predicted molar refractivity (Wildman–Crippen MR) is 77.9 cm³/mol. The molecule has 0 heterocycles. The molecule has 0 fully saturated rings. The number of aliphatic hydroxyl groups excluding tert-OH is 1. The van der Waals surface area contributed by atoms with Gasteiger partial charge in [-0.05, 0) is 28.8 Å². The molecule has 4 heteroatoms. The molecule has 0 aliphatic rings. The molecule has 0 spiro atoms. The predicted octanol–water partition coefficient (Wildman–Crippen LogP) is 1.57. The zero-order valence-corrected chi connectivity index (χ0v) is 11.2. The van der Waals surface area contributed by atoms with Crippen molar-refractivity contribution < 1.29 is 9.90 Å². The lowest BCUT2D eigenvalue weighted by molar-refractivity contribution is 0.0951. The van der Waals surface area contributed by atoms with E-state index < -0.39 is 0 Å². The van der Waals surface area contributed by atoms with Gasteiger partial charge in [0.15, 0.2) is 0 Å². The largest absolute Gasteiger partial charge is 0.392 e. The molecule has 1 amide bonds. The van der Waals surface area contributed by atoms with Gasteiger partial charge in [-0.15, -0.1) is 0 Å². The van der Waals surface area contributed by atoms with E-state index >= 15 is 0 Å². The lowest BCUT2D eigenvalue weighted by Crippen LogP contribution is -2.22. The van der Waals surface area contributed by atoms with Crippen molar-refractivity contribution in [3.8, 4) is 0 Å². The summed E-state index contributed by atoms with van der Waals surface area (Å²) in [6, 6.07) is 14.7. The highest BCUT2D eigenvalue weighted by atomic mass is 16.3. The molecule has 20 heavy (non-hydrogen) atoms. The van der Waals surface area contributed by atoms with Crippen molar-refractivity contribution in [3.63, 3.8) is 0 Å². The summed E-state index contributed by atoms with van der Waals surface area (Å²) in [7, 11) is 0. The fourth-order valence-corrected chi connectivity index (χ4v) is 1.91. The van der Waals surface area contributed by atoms with Crippen LogP contribution in [0.1, 0.15) is 27.0 Å². The number of carbonyl (C=O) groups excluding carboxylic acids is 1. The summed E-state index contributed by atoms with van der Waals surface area (Å²) >= 11 is 0. The molecule has 4 N–H and O–H groups in total. The summed E-state index contributed by atoms with van der Waals surface area (Å²) in [6.45, 7) is 0.937. The third kappa shape index (κ3) is 3.66. The van der Waals surface area contributed by atoms with Crippen molar-refractivity contribution in [2.75, 3.05) is 0 Å². The Labute approximate surface area is 118 Å². The first kappa shape index (κ1) is 14.2. The number of nitrogens with two attached hydrogens (primary N) is 1. The molecule has 2 aromatic carbocycles. The van der Waals surface area contributed by atoms with Gasteiger partial charge in [-0.2, -0.15) is 0 Å². The SMILES string of the molecule is NCc1cccc(CNC(=O)c2ccc(CO)cc2)c1. The zero-order valence-electron chi connectivity index (χ0n) is 11.2. The van der Waals surface area contributed by atoms with E-state index in [1.165, 1.54) is 0 Å². The molecule has 0 bridgehead atoms. The minimum Gasteiger partial charge on any atom is -0.392 e. The summed E-state index contributed by atoms with van der Waals surface area (Å²) in [4.78, 5) is 12.0. The third-order valence-electron chi connectivity index (χ3n) is 3.08. The van der Waals surface area contributed by atoms with Crippen LogP contribution in [0.2, 0.25) is 0 Å². The van der Waals surface area contributed by atoms with Gasteiger partial charge in [-0.3, -0.25) is 4.79 Å². The van der Waals surface area contributed by atoms with Gasteiger partial charge >= 0.3 is 0 Å². The first-order valence-corrected chi connectivity index (χ1v) is 6.49. The van der Waals surface area contributed by atoms with Gasteiger partial charge in [-0.25, -0.2) is 0 Å². The minimum atomic E-state index is -0.132. The standard InChI is InChI=1S/C16H18N2O2/c17-9-13-2-1-3-14(8-13)10-18-16(20)15-6-4-12(11-19)5-7-15/h1-8,19H,9-11,17H2,(H,18,20). The number of nitrogens with one attached hydrogen (secondary N) is 1. The highest BCUT2D eigenvalue weighted by Gasteiger charge is 2.05. The van der Waals surface area contributed by atoms with Gasteiger partial charge in [0, 0.05) is 18.7 Å². The molecule has 0 radical (unpaired) electrons. The summed E-state index contributed by atoms with van der Waals surface area (Å²) in [5, 5.41) is 11.8. The quantitative estimate of drug-likeness (QED) is 0.772. The first-order valence-electron chi connectivity index (χ1n) is 6.49. The lowest BCUT2D eigenvalue weighted by atomic mass is 10.1. The molecule has 0 aromatic heterocycles. The molecule has 2 rings (SSSR count). The molecule has 2 aromatic rings. The molecule has 0 saturated carbocycles. The van der Waals surface area contributed by atoms with Crippen LogP contribution >= 0.6 is 0 Å². The van der Waals surface area contributed by atoms with Crippen molar-refractivity contribution in [3.05, 3.63) is 70.8 Å². The highest BCUT2D eigenvalue weighted by molar-refractivity contribution is 5.94. The number of benzene rings is 2. The average molecular weight is 270 g/mol. The van der Waals surface area contributed by atoms with E-state index in [0.29, 0.717) is 18.7 Å². The Morgan fingerprint density at radius 2 is 1.75 bits per heavy atom. The van der Waals surface area contributed by atoms with Crippen LogP contribution in [0.4, 0.5) is 0 Å². The van der Waals surface area contributed by atoms with E-state index in [1.54, 1.807) is 24.3 Å².